The van der Waals surface area contributed by atoms with Gasteiger partial charge in [0.15, 0.2) is 0 Å². The number of aromatic carboxylic acids is 1. The van der Waals surface area contributed by atoms with E-state index in [1.165, 1.54) is 24.0 Å². The third-order valence-electron chi connectivity index (χ3n) is 1.74. The zero-order valence-electron chi connectivity index (χ0n) is 8.73. The predicted octanol–water partition coefficient (Wildman–Crippen LogP) is 2.11. The van der Waals surface area contributed by atoms with Crippen LogP contribution in [0, 0.1) is 5.92 Å². The lowest BCUT2D eigenvalue weighted by molar-refractivity contribution is 0.0697. The van der Waals surface area contributed by atoms with Crippen LogP contribution in [0.15, 0.2) is 17.3 Å². The first-order chi connectivity index (χ1) is 7.02. The number of thioether (sulfide) groups is 1. The maximum atomic E-state index is 10.8. The van der Waals surface area contributed by atoms with Crippen molar-refractivity contribution in [2.45, 2.75) is 18.9 Å². The SMILES string of the molecule is CC(C)CSc1nccc(C(=O)O)c1N. The van der Waals surface area contributed by atoms with Gasteiger partial charge in [-0.05, 0) is 12.0 Å². The van der Waals surface area contributed by atoms with E-state index >= 15 is 0 Å². The Hall–Kier alpha value is -1.23. The van der Waals surface area contributed by atoms with Crippen molar-refractivity contribution in [2.24, 2.45) is 5.92 Å². The molecule has 0 unspecified atom stereocenters. The fourth-order valence-electron chi connectivity index (χ4n) is 1.00. The first kappa shape index (κ1) is 11.8. The molecule has 0 amide bonds. The zero-order valence-corrected chi connectivity index (χ0v) is 9.54. The van der Waals surface area contributed by atoms with Crippen LogP contribution >= 0.6 is 11.8 Å². The van der Waals surface area contributed by atoms with E-state index in [1.54, 1.807) is 0 Å². The minimum Gasteiger partial charge on any atom is -0.478 e. The summed E-state index contributed by atoms with van der Waals surface area (Å²) in [5.74, 6) is 0.381. The Balaban J connectivity index is 2.89. The molecule has 82 valence electrons. The maximum Gasteiger partial charge on any atom is 0.337 e. The molecule has 0 saturated heterocycles. The Labute approximate surface area is 92.9 Å². The minimum absolute atomic E-state index is 0.122. The zero-order chi connectivity index (χ0) is 11.4. The highest BCUT2D eigenvalue weighted by molar-refractivity contribution is 7.99. The van der Waals surface area contributed by atoms with E-state index in [2.05, 4.69) is 18.8 Å². The molecular formula is C10H14N2O2S. The van der Waals surface area contributed by atoms with Crippen LogP contribution in [0.1, 0.15) is 24.2 Å². The summed E-state index contributed by atoms with van der Waals surface area (Å²) in [6, 6.07) is 1.41. The van der Waals surface area contributed by atoms with E-state index in [9.17, 15) is 4.79 Å². The lowest BCUT2D eigenvalue weighted by Gasteiger charge is -2.08. The predicted molar refractivity (Wildman–Crippen MR) is 61.2 cm³/mol. The van der Waals surface area contributed by atoms with Gasteiger partial charge in [-0.25, -0.2) is 9.78 Å². The fraction of sp³-hybridized carbons (Fsp3) is 0.400. The highest BCUT2D eigenvalue weighted by atomic mass is 32.2. The van der Waals surface area contributed by atoms with Gasteiger partial charge in [0.2, 0.25) is 0 Å². The molecule has 15 heavy (non-hydrogen) atoms. The van der Waals surface area contributed by atoms with E-state index in [0.29, 0.717) is 10.9 Å². The number of nitrogens with zero attached hydrogens (tertiary/aromatic N) is 1. The number of nitrogen functional groups attached to an aromatic ring is 1. The molecule has 5 heteroatoms. The number of hydrogen-bond donors (Lipinski definition) is 2. The van der Waals surface area contributed by atoms with E-state index < -0.39 is 5.97 Å². The summed E-state index contributed by atoms with van der Waals surface area (Å²) in [4.78, 5) is 14.9. The third kappa shape index (κ3) is 3.13. The van der Waals surface area contributed by atoms with Crippen molar-refractivity contribution in [3.05, 3.63) is 17.8 Å². The van der Waals surface area contributed by atoms with Crippen LogP contribution in [0.3, 0.4) is 0 Å². The number of nitrogens with two attached hydrogens (primary N) is 1. The quantitative estimate of drug-likeness (QED) is 0.769. The van der Waals surface area contributed by atoms with Gasteiger partial charge in [-0.1, -0.05) is 13.8 Å². The average molecular weight is 226 g/mol. The number of anilines is 1. The molecule has 0 aliphatic carbocycles. The third-order valence-corrected chi connectivity index (χ3v) is 3.17. The first-order valence-corrected chi connectivity index (χ1v) is 5.61. The Bertz CT molecular complexity index is 366. The molecule has 0 bridgehead atoms. The molecular weight excluding hydrogens is 212 g/mol. The minimum atomic E-state index is -1.01. The number of carboxylic acids is 1. The lowest BCUT2D eigenvalue weighted by Crippen LogP contribution is -2.05. The normalized spacial score (nSPS) is 10.6. The summed E-state index contributed by atoms with van der Waals surface area (Å²) in [7, 11) is 0. The van der Waals surface area contributed by atoms with Crippen LogP contribution < -0.4 is 5.73 Å². The molecule has 4 nitrogen and oxygen atoms in total. The van der Waals surface area contributed by atoms with Crippen LogP contribution in [0.5, 0.6) is 0 Å². The molecule has 0 spiro atoms. The van der Waals surface area contributed by atoms with Crippen LogP contribution in [0.25, 0.3) is 0 Å². The Morgan fingerprint density at radius 3 is 2.87 bits per heavy atom. The standard InChI is InChI=1S/C10H14N2O2S/c1-6(2)5-15-9-8(11)7(10(13)14)3-4-12-9/h3-4,6H,5,11H2,1-2H3,(H,13,14). The molecule has 3 N–H and O–H groups in total. The van der Waals surface area contributed by atoms with Gasteiger partial charge in [-0.3, -0.25) is 0 Å². The number of hydrogen-bond acceptors (Lipinski definition) is 4. The highest BCUT2D eigenvalue weighted by Crippen LogP contribution is 2.26. The molecule has 0 atom stereocenters. The van der Waals surface area contributed by atoms with Gasteiger partial charge in [-0.2, -0.15) is 0 Å². The van der Waals surface area contributed by atoms with Gasteiger partial charge in [0, 0.05) is 11.9 Å². The largest absolute Gasteiger partial charge is 0.478 e. The molecule has 0 saturated carbocycles. The van der Waals surface area contributed by atoms with Gasteiger partial charge >= 0.3 is 5.97 Å². The Morgan fingerprint density at radius 1 is 1.67 bits per heavy atom. The van der Waals surface area contributed by atoms with E-state index in [1.807, 2.05) is 0 Å². The Morgan fingerprint density at radius 2 is 2.33 bits per heavy atom. The van der Waals surface area contributed by atoms with Crippen LogP contribution in [-0.2, 0) is 0 Å². The molecule has 1 rings (SSSR count). The number of pyridine rings is 1. The summed E-state index contributed by atoms with van der Waals surface area (Å²) in [6.45, 7) is 4.18. The second kappa shape index (κ2) is 5.02. The number of carbonyl (C=O) groups is 1. The van der Waals surface area contributed by atoms with E-state index in [0.717, 1.165) is 5.75 Å². The van der Waals surface area contributed by atoms with Gasteiger partial charge in [0.05, 0.1) is 11.3 Å². The molecule has 0 aliphatic heterocycles. The van der Waals surface area contributed by atoms with Crippen molar-refractivity contribution in [2.75, 3.05) is 11.5 Å². The summed E-state index contributed by atoms with van der Waals surface area (Å²) < 4.78 is 0. The second-order valence-electron chi connectivity index (χ2n) is 3.59. The van der Waals surface area contributed by atoms with Crippen molar-refractivity contribution >= 4 is 23.4 Å². The summed E-state index contributed by atoms with van der Waals surface area (Å²) >= 11 is 1.49. The topological polar surface area (TPSA) is 76.2 Å². The van der Waals surface area contributed by atoms with Gasteiger partial charge < -0.3 is 10.8 Å². The van der Waals surface area contributed by atoms with E-state index in [-0.39, 0.29) is 11.3 Å². The average Bonchev–Trinajstić information content (AvgIpc) is 2.15. The first-order valence-electron chi connectivity index (χ1n) is 4.63. The summed E-state index contributed by atoms with van der Waals surface area (Å²) in [5.41, 5.74) is 6.09. The molecule has 1 heterocycles. The van der Waals surface area contributed by atoms with Gasteiger partial charge in [0.25, 0.3) is 0 Å². The molecule has 1 aromatic heterocycles. The number of aromatic nitrogens is 1. The molecule has 1 aromatic rings. The smallest absolute Gasteiger partial charge is 0.337 e. The highest BCUT2D eigenvalue weighted by Gasteiger charge is 2.12. The number of carboxylic acid groups (broad SMARTS) is 1. The van der Waals surface area contributed by atoms with Crippen molar-refractivity contribution in [3.8, 4) is 0 Å². The molecule has 0 fully saturated rings. The van der Waals surface area contributed by atoms with Crippen molar-refractivity contribution in [1.82, 2.24) is 4.98 Å². The van der Waals surface area contributed by atoms with Crippen LogP contribution in [-0.4, -0.2) is 21.8 Å². The molecule has 0 aromatic carbocycles. The summed E-state index contributed by atoms with van der Waals surface area (Å²) in [6.07, 6.45) is 1.47. The number of rotatable bonds is 4. The Kier molecular flexibility index (Phi) is 3.96. The lowest BCUT2D eigenvalue weighted by atomic mass is 10.2. The van der Waals surface area contributed by atoms with Gasteiger partial charge in [0.1, 0.15) is 5.03 Å². The van der Waals surface area contributed by atoms with Crippen molar-refractivity contribution in [3.63, 3.8) is 0 Å². The molecule has 0 radical (unpaired) electrons. The van der Waals surface area contributed by atoms with E-state index in [4.69, 9.17) is 10.8 Å². The van der Waals surface area contributed by atoms with Gasteiger partial charge in [-0.15, -0.1) is 11.8 Å². The molecule has 0 aliphatic rings. The monoisotopic (exact) mass is 226 g/mol. The maximum absolute atomic E-state index is 10.8. The van der Waals surface area contributed by atoms with Crippen molar-refractivity contribution in [1.29, 1.82) is 0 Å². The van der Waals surface area contributed by atoms with Crippen LogP contribution in [0.2, 0.25) is 0 Å². The summed E-state index contributed by atoms with van der Waals surface area (Å²) in [5, 5.41) is 9.45. The second-order valence-corrected chi connectivity index (χ2v) is 4.60. The van der Waals surface area contributed by atoms with Crippen molar-refractivity contribution < 1.29 is 9.90 Å². The van der Waals surface area contributed by atoms with Crippen LogP contribution in [0.4, 0.5) is 5.69 Å². The fourth-order valence-corrected chi connectivity index (χ4v) is 1.89.